The molecule has 0 saturated carbocycles. The van der Waals surface area contributed by atoms with Gasteiger partial charge in [0.25, 0.3) is 5.91 Å². The van der Waals surface area contributed by atoms with E-state index in [9.17, 15) is 4.79 Å². The number of nitrogens with one attached hydrogen (secondary N) is 1. The molecule has 1 aliphatic rings. The molecule has 30 heavy (non-hydrogen) atoms. The second kappa shape index (κ2) is 7.76. The van der Waals surface area contributed by atoms with Crippen LogP contribution in [0.5, 0.6) is 0 Å². The topological polar surface area (TPSA) is 84.2 Å². The van der Waals surface area contributed by atoms with E-state index >= 15 is 0 Å². The summed E-state index contributed by atoms with van der Waals surface area (Å²) in [7, 11) is 0. The van der Waals surface area contributed by atoms with Crippen molar-refractivity contribution in [2.24, 2.45) is 0 Å². The van der Waals surface area contributed by atoms with Crippen LogP contribution in [0.4, 0.5) is 5.82 Å². The fraction of sp³-hybridized carbons (Fsp3) is 0.182. The first-order valence-electron chi connectivity index (χ1n) is 9.65. The number of anilines is 1. The molecule has 4 aromatic rings. The quantitative estimate of drug-likeness (QED) is 0.539. The van der Waals surface area contributed by atoms with Gasteiger partial charge >= 0.3 is 0 Å². The van der Waals surface area contributed by atoms with Crippen molar-refractivity contribution in [1.29, 1.82) is 0 Å². The van der Waals surface area contributed by atoms with Gasteiger partial charge in [-0.15, -0.1) is 10.2 Å². The zero-order valence-electron chi connectivity index (χ0n) is 16.0. The summed E-state index contributed by atoms with van der Waals surface area (Å²) in [6.45, 7) is 1.49. The lowest BCUT2D eigenvalue weighted by atomic mass is 10.1. The van der Waals surface area contributed by atoms with Crippen molar-refractivity contribution >= 4 is 34.3 Å². The molecule has 150 valence electrons. The average molecular weight is 420 g/mol. The number of hydrogen-bond acceptors (Lipinski definition) is 6. The van der Waals surface area contributed by atoms with Crippen LogP contribution in [-0.4, -0.2) is 40.2 Å². The number of halogens is 1. The van der Waals surface area contributed by atoms with Crippen LogP contribution in [0.3, 0.4) is 0 Å². The van der Waals surface area contributed by atoms with Crippen molar-refractivity contribution in [2.75, 3.05) is 18.0 Å². The molecule has 0 spiro atoms. The molecular weight excluding hydrogens is 402 g/mol. The smallest absolute Gasteiger partial charge is 0.251 e. The average Bonchev–Trinajstić information content (AvgIpc) is 3.44. The number of benzene rings is 1. The van der Waals surface area contributed by atoms with Crippen molar-refractivity contribution in [3.8, 4) is 11.3 Å². The molecule has 1 aromatic carbocycles. The van der Waals surface area contributed by atoms with Crippen LogP contribution in [-0.2, 0) is 0 Å². The summed E-state index contributed by atoms with van der Waals surface area (Å²) in [5.41, 5.74) is 3.18. The lowest BCUT2D eigenvalue weighted by molar-refractivity contribution is 0.0940. The van der Waals surface area contributed by atoms with E-state index in [1.54, 1.807) is 18.5 Å². The molecule has 1 saturated heterocycles. The molecule has 5 rings (SSSR count). The molecular formula is C22H18ClN5O2. The van der Waals surface area contributed by atoms with Crippen LogP contribution in [0.1, 0.15) is 16.8 Å². The fourth-order valence-corrected chi connectivity index (χ4v) is 3.84. The molecule has 1 fully saturated rings. The van der Waals surface area contributed by atoms with E-state index in [0.29, 0.717) is 17.3 Å². The Hall–Kier alpha value is -3.45. The summed E-state index contributed by atoms with van der Waals surface area (Å²) in [6, 6.07) is 14.8. The van der Waals surface area contributed by atoms with E-state index in [1.807, 2.05) is 42.5 Å². The summed E-state index contributed by atoms with van der Waals surface area (Å²) in [5, 5.41) is 12.4. The van der Waals surface area contributed by atoms with Gasteiger partial charge in [-0.05, 0) is 42.8 Å². The maximum atomic E-state index is 12.7. The van der Waals surface area contributed by atoms with Gasteiger partial charge in [0.2, 0.25) is 0 Å². The Morgan fingerprint density at radius 2 is 1.97 bits per heavy atom. The number of hydrogen-bond donors (Lipinski definition) is 1. The van der Waals surface area contributed by atoms with E-state index in [0.717, 1.165) is 41.0 Å². The minimum Gasteiger partial charge on any atom is -0.464 e. The van der Waals surface area contributed by atoms with Gasteiger partial charge in [-0.25, -0.2) is 0 Å². The van der Waals surface area contributed by atoms with Crippen molar-refractivity contribution in [2.45, 2.75) is 12.5 Å². The first-order valence-corrected chi connectivity index (χ1v) is 10.0. The van der Waals surface area contributed by atoms with Crippen LogP contribution >= 0.6 is 11.6 Å². The number of fused-ring (bicyclic) bond motifs is 1. The van der Waals surface area contributed by atoms with Gasteiger partial charge in [-0.2, -0.15) is 0 Å². The van der Waals surface area contributed by atoms with Crippen LogP contribution in [0, 0.1) is 0 Å². The predicted octanol–water partition coefficient (Wildman–Crippen LogP) is 3.95. The Kier molecular flexibility index (Phi) is 4.80. The lowest BCUT2D eigenvalue weighted by Gasteiger charge is -2.17. The van der Waals surface area contributed by atoms with Crippen molar-refractivity contribution in [3.05, 3.63) is 71.7 Å². The number of furan rings is 1. The number of rotatable bonds is 4. The third-order valence-corrected chi connectivity index (χ3v) is 5.47. The van der Waals surface area contributed by atoms with Crippen LogP contribution in [0.15, 0.2) is 65.4 Å². The second-order valence-corrected chi connectivity index (χ2v) is 7.58. The minimum absolute atomic E-state index is 0.0519. The Bertz CT molecular complexity index is 1190. The summed E-state index contributed by atoms with van der Waals surface area (Å²) in [6.07, 6.45) is 4.22. The lowest BCUT2D eigenvalue weighted by Crippen LogP contribution is -2.37. The van der Waals surface area contributed by atoms with E-state index < -0.39 is 0 Å². The van der Waals surface area contributed by atoms with Crippen molar-refractivity contribution < 1.29 is 9.21 Å². The maximum Gasteiger partial charge on any atom is 0.251 e. The first kappa shape index (κ1) is 18.6. The molecule has 3 aromatic heterocycles. The molecule has 1 atom stereocenters. The van der Waals surface area contributed by atoms with Gasteiger partial charge < -0.3 is 14.6 Å². The molecule has 1 amide bonds. The molecule has 1 N–H and O–H groups in total. The highest BCUT2D eigenvalue weighted by atomic mass is 35.5. The minimum atomic E-state index is -0.0925. The van der Waals surface area contributed by atoms with Crippen molar-refractivity contribution in [3.63, 3.8) is 0 Å². The number of pyridine rings is 1. The zero-order chi connectivity index (χ0) is 20.5. The summed E-state index contributed by atoms with van der Waals surface area (Å²) in [5.74, 6) is 0.673. The normalized spacial score (nSPS) is 16.2. The Labute approximate surface area is 177 Å². The summed E-state index contributed by atoms with van der Waals surface area (Å²) >= 11 is 5.80. The van der Waals surface area contributed by atoms with E-state index in [-0.39, 0.29) is 11.9 Å². The zero-order valence-corrected chi connectivity index (χ0v) is 16.7. The van der Waals surface area contributed by atoms with Gasteiger partial charge in [0.1, 0.15) is 5.58 Å². The molecule has 4 heterocycles. The van der Waals surface area contributed by atoms with Gasteiger partial charge in [0, 0.05) is 41.8 Å². The van der Waals surface area contributed by atoms with Gasteiger partial charge in [-0.3, -0.25) is 9.78 Å². The molecule has 1 aliphatic heterocycles. The Morgan fingerprint density at radius 3 is 2.77 bits per heavy atom. The third kappa shape index (κ3) is 3.59. The molecule has 0 radical (unpaired) electrons. The Morgan fingerprint density at radius 1 is 1.10 bits per heavy atom. The number of carbonyl (C=O) groups excluding carboxylic acids is 1. The highest BCUT2D eigenvalue weighted by Crippen LogP contribution is 2.27. The highest BCUT2D eigenvalue weighted by Gasteiger charge is 2.25. The number of nitrogens with zero attached hydrogens (tertiary/aromatic N) is 4. The maximum absolute atomic E-state index is 12.7. The van der Waals surface area contributed by atoms with Crippen molar-refractivity contribution in [1.82, 2.24) is 20.5 Å². The van der Waals surface area contributed by atoms with Crippen LogP contribution in [0.25, 0.3) is 22.2 Å². The molecule has 0 aliphatic carbocycles. The molecule has 1 unspecified atom stereocenters. The number of carbonyl (C=O) groups is 1. The standard InChI is InChI=1S/C22H18ClN5O2/c23-19-5-6-20(27-26-19)28-11-8-16(13-28)25-22(29)15-3-1-14(2-4-15)21-17-9-12-30-18(17)7-10-24-21/h1-7,9-10,12,16H,8,11,13H2,(H,25,29). The third-order valence-electron chi connectivity index (χ3n) is 5.27. The SMILES string of the molecule is O=C(NC1CCN(c2ccc(Cl)nn2)C1)c1ccc(-c2nccc3occc23)cc1. The fourth-order valence-electron chi connectivity index (χ4n) is 3.74. The molecule has 7 nitrogen and oxygen atoms in total. The highest BCUT2D eigenvalue weighted by molar-refractivity contribution is 6.29. The van der Waals surface area contributed by atoms with Crippen LogP contribution < -0.4 is 10.2 Å². The molecule has 8 heteroatoms. The number of aromatic nitrogens is 3. The van der Waals surface area contributed by atoms with E-state index in [2.05, 4.69) is 25.4 Å². The first-order chi connectivity index (χ1) is 14.7. The monoisotopic (exact) mass is 419 g/mol. The van der Waals surface area contributed by atoms with Crippen LogP contribution in [0.2, 0.25) is 5.15 Å². The van der Waals surface area contributed by atoms with E-state index in [4.69, 9.17) is 16.0 Å². The number of amides is 1. The second-order valence-electron chi connectivity index (χ2n) is 7.19. The predicted molar refractivity (Wildman–Crippen MR) is 115 cm³/mol. The molecule has 0 bridgehead atoms. The Balaban J connectivity index is 1.26. The largest absolute Gasteiger partial charge is 0.464 e. The summed E-state index contributed by atoms with van der Waals surface area (Å²) < 4.78 is 5.44. The van der Waals surface area contributed by atoms with Gasteiger partial charge in [0.15, 0.2) is 11.0 Å². The van der Waals surface area contributed by atoms with Gasteiger partial charge in [-0.1, -0.05) is 23.7 Å². The van der Waals surface area contributed by atoms with Gasteiger partial charge in [0.05, 0.1) is 12.0 Å². The van der Waals surface area contributed by atoms with E-state index in [1.165, 1.54) is 0 Å². The summed E-state index contributed by atoms with van der Waals surface area (Å²) in [4.78, 5) is 19.3.